The van der Waals surface area contributed by atoms with E-state index in [1.165, 1.54) is 6.07 Å². The number of aryl methyl sites for hydroxylation is 1. The highest BCUT2D eigenvalue weighted by Crippen LogP contribution is 2.23. The van der Waals surface area contributed by atoms with Crippen molar-refractivity contribution in [2.75, 3.05) is 5.88 Å². The van der Waals surface area contributed by atoms with Crippen molar-refractivity contribution in [3.05, 3.63) is 29.6 Å². The van der Waals surface area contributed by atoms with E-state index in [1.807, 2.05) is 13.8 Å². The second-order valence-electron chi connectivity index (χ2n) is 4.70. The minimum Gasteiger partial charge on any atom is -0.325 e. The second kappa shape index (κ2) is 5.22. The molecule has 1 aromatic heterocycles. The Morgan fingerprint density at radius 3 is 2.67 bits per heavy atom. The molecule has 0 amide bonds. The molecule has 2 rings (SSSR count). The van der Waals surface area contributed by atoms with E-state index < -0.39 is 11.6 Å². The first kappa shape index (κ1) is 13.3. The summed E-state index contributed by atoms with van der Waals surface area (Å²) in [7, 11) is 0. The molecule has 5 heteroatoms. The van der Waals surface area contributed by atoms with E-state index >= 15 is 0 Å². The molecule has 0 N–H and O–H groups in total. The Bertz CT molecular complexity index is 564. The Labute approximate surface area is 110 Å². The Hall–Kier alpha value is -1.16. The van der Waals surface area contributed by atoms with E-state index in [-0.39, 0.29) is 5.52 Å². The fourth-order valence-corrected chi connectivity index (χ4v) is 2.21. The minimum absolute atomic E-state index is 0.240. The summed E-state index contributed by atoms with van der Waals surface area (Å²) >= 11 is 5.72. The summed E-state index contributed by atoms with van der Waals surface area (Å²) in [5.41, 5.74) is 0.721. The molecule has 0 aliphatic heterocycles. The molecule has 0 unspecified atom stereocenters. The molecule has 0 aliphatic carbocycles. The van der Waals surface area contributed by atoms with Gasteiger partial charge in [-0.15, -0.1) is 11.6 Å². The van der Waals surface area contributed by atoms with Gasteiger partial charge in [-0.25, -0.2) is 13.8 Å². The quantitative estimate of drug-likeness (QED) is 0.775. The topological polar surface area (TPSA) is 17.8 Å². The molecule has 2 aromatic rings. The standard InChI is InChI=1S/C13H15ClF2N2/c1-8(2)7-18-11(5-6-14)17-10-4-3-9(15)12(16)13(10)18/h3-4,8H,5-7H2,1-2H3. The van der Waals surface area contributed by atoms with Crippen molar-refractivity contribution in [3.8, 4) is 0 Å². The van der Waals surface area contributed by atoms with Crippen LogP contribution in [-0.4, -0.2) is 15.4 Å². The minimum atomic E-state index is -0.843. The zero-order valence-electron chi connectivity index (χ0n) is 10.4. The largest absolute Gasteiger partial charge is 0.325 e. The van der Waals surface area contributed by atoms with Gasteiger partial charge in [0, 0.05) is 18.8 Å². The Balaban J connectivity index is 2.66. The summed E-state index contributed by atoms with van der Waals surface area (Å²) < 4.78 is 28.9. The number of hydrogen-bond donors (Lipinski definition) is 0. The maximum atomic E-state index is 13.9. The molecule has 0 fully saturated rings. The molecule has 1 aromatic carbocycles. The van der Waals surface area contributed by atoms with E-state index in [0.717, 1.165) is 6.07 Å². The number of fused-ring (bicyclic) bond motifs is 1. The summed E-state index contributed by atoms with van der Waals surface area (Å²) in [5.74, 6) is -0.241. The van der Waals surface area contributed by atoms with Gasteiger partial charge in [-0.3, -0.25) is 0 Å². The van der Waals surface area contributed by atoms with Crippen LogP contribution in [0.2, 0.25) is 0 Å². The van der Waals surface area contributed by atoms with Crippen LogP contribution in [0.3, 0.4) is 0 Å². The van der Waals surface area contributed by atoms with E-state index in [4.69, 9.17) is 11.6 Å². The van der Waals surface area contributed by atoms with Gasteiger partial charge in [0.25, 0.3) is 0 Å². The summed E-state index contributed by atoms with van der Waals surface area (Å²) in [6.07, 6.45) is 0.546. The van der Waals surface area contributed by atoms with Crippen molar-refractivity contribution < 1.29 is 8.78 Å². The van der Waals surface area contributed by atoms with E-state index in [9.17, 15) is 8.78 Å². The maximum absolute atomic E-state index is 13.9. The molecule has 0 bridgehead atoms. The second-order valence-corrected chi connectivity index (χ2v) is 5.08. The molecule has 2 nitrogen and oxygen atoms in total. The van der Waals surface area contributed by atoms with Crippen molar-refractivity contribution in [3.63, 3.8) is 0 Å². The van der Waals surface area contributed by atoms with Gasteiger partial charge in [0.2, 0.25) is 0 Å². The van der Waals surface area contributed by atoms with Crippen LogP contribution in [0.1, 0.15) is 19.7 Å². The van der Waals surface area contributed by atoms with Crippen molar-refractivity contribution in [2.24, 2.45) is 5.92 Å². The number of rotatable bonds is 4. The number of hydrogen-bond acceptors (Lipinski definition) is 1. The SMILES string of the molecule is CC(C)Cn1c(CCCl)nc2ccc(F)c(F)c21. The number of nitrogens with zero attached hydrogens (tertiary/aromatic N) is 2. The van der Waals surface area contributed by atoms with Gasteiger partial charge in [-0.1, -0.05) is 13.8 Å². The van der Waals surface area contributed by atoms with Crippen molar-refractivity contribution in [1.29, 1.82) is 0 Å². The third-order valence-corrected chi connectivity index (χ3v) is 2.93. The predicted octanol–water partition coefficient (Wildman–Crippen LogP) is 3.75. The fraction of sp³-hybridized carbons (Fsp3) is 0.462. The fourth-order valence-electron chi connectivity index (χ4n) is 2.04. The lowest BCUT2D eigenvalue weighted by molar-refractivity contribution is 0.491. The Kier molecular flexibility index (Phi) is 3.85. The molecular formula is C13H15ClF2N2. The highest BCUT2D eigenvalue weighted by Gasteiger charge is 2.17. The van der Waals surface area contributed by atoms with Gasteiger partial charge in [0.05, 0.1) is 5.52 Å². The van der Waals surface area contributed by atoms with E-state index in [2.05, 4.69) is 4.98 Å². The number of benzene rings is 1. The van der Waals surface area contributed by atoms with Gasteiger partial charge in [-0.2, -0.15) is 0 Å². The first-order valence-electron chi connectivity index (χ1n) is 5.93. The summed E-state index contributed by atoms with van der Waals surface area (Å²) in [4.78, 5) is 4.33. The van der Waals surface area contributed by atoms with E-state index in [0.29, 0.717) is 36.1 Å². The molecule has 0 radical (unpaired) electrons. The molecule has 18 heavy (non-hydrogen) atoms. The lowest BCUT2D eigenvalue weighted by Gasteiger charge is -2.11. The Morgan fingerprint density at radius 1 is 1.33 bits per heavy atom. The first-order valence-corrected chi connectivity index (χ1v) is 6.47. The van der Waals surface area contributed by atoms with E-state index in [1.54, 1.807) is 4.57 Å². The summed E-state index contributed by atoms with van der Waals surface area (Å²) in [6.45, 7) is 4.64. The molecule has 0 saturated heterocycles. The van der Waals surface area contributed by atoms with Crippen LogP contribution in [0, 0.1) is 17.6 Å². The van der Waals surface area contributed by atoms with Crippen LogP contribution < -0.4 is 0 Å². The zero-order chi connectivity index (χ0) is 13.3. The average molecular weight is 273 g/mol. The summed E-state index contributed by atoms with van der Waals surface area (Å²) in [6, 6.07) is 2.61. The van der Waals surface area contributed by atoms with Crippen molar-refractivity contribution in [1.82, 2.24) is 9.55 Å². The normalized spacial score (nSPS) is 11.7. The van der Waals surface area contributed by atoms with Crippen LogP contribution in [0.5, 0.6) is 0 Å². The van der Waals surface area contributed by atoms with Crippen LogP contribution in [0.25, 0.3) is 11.0 Å². The molecule has 0 atom stereocenters. The lowest BCUT2D eigenvalue weighted by atomic mass is 10.2. The highest BCUT2D eigenvalue weighted by atomic mass is 35.5. The average Bonchev–Trinajstić information content (AvgIpc) is 2.63. The molecule has 98 valence electrons. The van der Waals surface area contributed by atoms with Gasteiger partial charge in [0.1, 0.15) is 11.3 Å². The molecule has 1 heterocycles. The highest BCUT2D eigenvalue weighted by molar-refractivity contribution is 6.17. The summed E-state index contributed by atoms with van der Waals surface area (Å²) in [5, 5.41) is 0. The van der Waals surface area contributed by atoms with Crippen LogP contribution in [0.4, 0.5) is 8.78 Å². The monoisotopic (exact) mass is 272 g/mol. The first-order chi connectivity index (χ1) is 8.54. The molecule has 0 saturated carbocycles. The maximum Gasteiger partial charge on any atom is 0.184 e. The number of halogens is 3. The van der Waals surface area contributed by atoms with Gasteiger partial charge in [-0.05, 0) is 18.1 Å². The van der Waals surface area contributed by atoms with Crippen LogP contribution in [-0.2, 0) is 13.0 Å². The van der Waals surface area contributed by atoms with Crippen LogP contribution >= 0.6 is 11.6 Å². The Morgan fingerprint density at radius 2 is 2.06 bits per heavy atom. The van der Waals surface area contributed by atoms with Crippen molar-refractivity contribution in [2.45, 2.75) is 26.8 Å². The van der Waals surface area contributed by atoms with Crippen LogP contribution in [0.15, 0.2) is 12.1 Å². The third kappa shape index (κ3) is 2.34. The predicted molar refractivity (Wildman–Crippen MR) is 68.9 cm³/mol. The number of aromatic nitrogens is 2. The third-order valence-electron chi connectivity index (χ3n) is 2.74. The van der Waals surface area contributed by atoms with Crippen molar-refractivity contribution >= 4 is 22.6 Å². The molecule has 0 spiro atoms. The number of alkyl halides is 1. The lowest BCUT2D eigenvalue weighted by Crippen LogP contribution is -2.10. The zero-order valence-corrected chi connectivity index (χ0v) is 11.1. The molecular weight excluding hydrogens is 258 g/mol. The van der Waals surface area contributed by atoms with Gasteiger partial charge < -0.3 is 4.57 Å². The smallest absolute Gasteiger partial charge is 0.184 e. The molecule has 0 aliphatic rings. The van der Waals surface area contributed by atoms with Gasteiger partial charge >= 0.3 is 0 Å². The number of imidazole rings is 1. The van der Waals surface area contributed by atoms with Gasteiger partial charge in [0.15, 0.2) is 11.6 Å².